The summed E-state index contributed by atoms with van der Waals surface area (Å²) in [6.07, 6.45) is 0. The average molecular weight is 299 g/mol. The van der Waals surface area contributed by atoms with Crippen LogP contribution in [0.2, 0.25) is 5.02 Å². The van der Waals surface area contributed by atoms with Crippen LogP contribution < -0.4 is 5.32 Å². The van der Waals surface area contributed by atoms with E-state index in [9.17, 15) is 14.4 Å². The zero-order chi connectivity index (χ0) is 14.0. The number of nitrogens with one attached hydrogen (secondary N) is 1. The van der Waals surface area contributed by atoms with Crippen molar-refractivity contribution in [2.45, 2.75) is 6.92 Å². The van der Waals surface area contributed by atoms with E-state index in [2.05, 4.69) is 5.32 Å². The van der Waals surface area contributed by atoms with Crippen molar-refractivity contribution in [1.82, 2.24) is 4.90 Å². The summed E-state index contributed by atoms with van der Waals surface area (Å²) in [6, 6.07) is 5.22. The maximum Gasteiger partial charge on any atom is 0.289 e. The third-order valence-corrected chi connectivity index (χ3v) is 3.73. The molecule has 0 spiro atoms. The lowest BCUT2D eigenvalue weighted by Crippen LogP contribution is -2.36. The fourth-order valence-corrected chi connectivity index (χ4v) is 2.49. The smallest absolute Gasteiger partial charge is 0.289 e. The molecule has 0 atom stereocenters. The number of carbonyl (C=O) groups is 3. The van der Waals surface area contributed by atoms with Crippen LogP contribution in [0.3, 0.4) is 0 Å². The molecule has 1 heterocycles. The molecule has 1 fully saturated rings. The fourth-order valence-electron chi connectivity index (χ4n) is 1.60. The molecule has 5 nitrogen and oxygen atoms in total. The number of amides is 3. The van der Waals surface area contributed by atoms with Gasteiger partial charge in [0, 0.05) is 0 Å². The Morgan fingerprint density at radius 1 is 1.47 bits per heavy atom. The Hall–Kier alpha value is -1.53. The Kier molecular flexibility index (Phi) is 4.11. The van der Waals surface area contributed by atoms with Gasteiger partial charge in [0.05, 0.1) is 16.5 Å². The topological polar surface area (TPSA) is 66.5 Å². The lowest BCUT2D eigenvalue weighted by molar-refractivity contribution is -0.128. The van der Waals surface area contributed by atoms with Gasteiger partial charge in [-0.2, -0.15) is 0 Å². The van der Waals surface area contributed by atoms with Crippen molar-refractivity contribution in [2.24, 2.45) is 0 Å². The van der Waals surface area contributed by atoms with E-state index in [1.807, 2.05) is 13.0 Å². The number of carbonyl (C=O) groups excluding carboxylic acids is 3. The standard InChI is InChI=1S/C12H11ClN2O3S/c1-7-2-3-8(13)9(4-7)14-10(16)5-15-11(17)6-19-12(15)18/h2-4H,5-6H2,1H3,(H,14,16). The number of imide groups is 1. The molecule has 1 aliphatic heterocycles. The van der Waals surface area contributed by atoms with Gasteiger partial charge in [0.2, 0.25) is 11.8 Å². The van der Waals surface area contributed by atoms with Crippen LogP contribution in [0.15, 0.2) is 18.2 Å². The molecule has 3 amide bonds. The Morgan fingerprint density at radius 3 is 2.84 bits per heavy atom. The van der Waals surface area contributed by atoms with Gasteiger partial charge >= 0.3 is 0 Å². The summed E-state index contributed by atoms with van der Waals surface area (Å²) >= 11 is 6.85. The van der Waals surface area contributed by atoms with Gasteiger partial charge < -0.3 is 5.32 Å². The van der Waals surface area contributed by atoms with Gasteiger partial charge in [-0.1, -0.05) is 29.4 Å². The van der Waals surface area contributed by atoms with Crippen LogP contribution in [-0.4, -0.2) is 34.3 Å². The van der Waals surface area contributed by atoms with E-state index in [0.717, 1.165) is 22.2 Å². The van der Waals surface area contributed by atoms with Crippen molar-refractivity contribution in [3.8, 4) is 0 Å². The van der Waals surface area contributed by atoms with Crippen molar-refractivity contribution < 1.29 is 14.4 Å². The van der Waals surface area contributed by atoms with E-state index in [1.165, 1.54) is 0 Å². The Morgan fingerprint density at radius 2 is 2.21 bits per heavy atom. The zero-order valence-corrected chi connectivity index (χ0v) is 11.7. The minimum absolute atomic E-state index is 0.0946. The number of aryl methyl sites for hydroxylation is 1. The quantitative estimate of drug-likeness (QED) is 0.929. The number of nitrogens with zero attached hydrogens (tertiary/aromatic N) is 1. The molecule has 2 rings (SSSR count). The Bertz CT molecular complexity index is 546. The number of rotatable bonds is 3. The number of halogens is 1. The molecular weight excluding hydrogens is 288 g/mol. The molecule has 1 aliphatic rings. The third kappa shape index (κ3) is 3.27. The minimum atomic E-state index is -0.448. The van der Waals surface area contributed by atoms with Crippen LogP contribution in [0.25, 0.3) is 0 Å². The molecule has 0 unspecified atom stereocenters. The molecule has 0 bridgehead atoms. The van der Waals surface area contributed by atoms with Crippen LogP contribution in [0, 0.1) is 6.92 Å². The molecule has 100 valence electrons. The summed E-state index contributed by atoms with van der Waals surface area (Å²) in [4.78, 5) is 35.5. The van der Waals surface area contributed by atoms with Gasteiger partial charge in [0.1, 0.15) is 6.54 Å². The Balaban J connectivity index is 2.03. The second-order valence-electron chi connectivity index (χ2n) is 4.07. The highest BCUT2D eigenvalue weighted by molar-refractivity contribution is 8.14. The van der Waals surface area contributed by atoms with Gasteiger partial charge in [0.15, 0.2) is 0 Å². The highest BCUT2D eigenvalue weighted by Gasteiger charge is 2.31. The fraction of sp³-hybridized carbons (Fsp3) is 0.250. The van der Waals surface area contributed by atoms with Gasteiger partial charge in [-0.15, -0.1) is 0 Å². The van der Waals surface area contributed by atoms with Crippen molar-refractivity contribution in [1.29, 1.82) is 0 Å². The van der Waals surface area contributed by atoms with Gasteiger partial charge in [-0.25, -0.2) is 0 Å². The highest BCUT2D eigenvalue weighted by atomic mass is 35.5. The van der Waals surface area contributed by atoms with Gasteiger partial charge in [-0.05, 0) is 24.6 Å². The number of thioether (sulfide) groups is 1. The molecule has 1 N–H and O–H groups in total. The first-order valence-electron chi connectivity index (χ1n) is 5.50. The van der Waals surface area contributed by atoms with E-state index in [4.69, 9.17) is 11.6 Å². The van der Waals surface area contributed by atoms with Crippen LogP contribution in [0.4, 0.5) is 10.5 Å². The zero-order valence-electron chi connectivity index (χ0n) is 10.1. The second-order valence-corrected chi connectivity index (χ2v) is 5.40. The van der Waals surface area contributed by atoms with Gasteiger partial charge in [0.25, 0.3) is 5.24 Å². The van der Waals surface area contributed by atoms with Crippen LogP contribution in [0.1, 0.15) is 5.56 Å². The van der Waals surface area contributed by atoms with Gasteiger partial charge in [-0.3, -0.25) is 19.3 Å². The normalized spacial score (nSPS) is 14.9. The summed E-state index contributed by atoms with van der Waals surface area (Å²) in [5.41, 5.74) is 1.42. The van der Waals surface area contributed by atoms with E-state index in [1.54, 1.807) is 12.1 Å². The molecule has 0 radical (unpaired) electrons. The summed E-state index contributed by atoms with van der Waals surface area (Å²) in [7, 11) is 0. The average Bonchev–Trinajstić information content (AvgIpc) is 2.65. The largest absolute Gasteiger partial charge is 0.323 e. The predicted octanol–water partition coefficient (Wildman–Crippen LogP) is 2.28. The molecule has 0 aromatic heterocycles. The number of benzene rings is 1. The number of hydrogen-bond donors (Lipinski definition) is 1. The van der Waals surface area contributed by atoms with E-state index < -0.39 is 11.1 Å². The van der Waals surface area contributed by atoms with E-state index >= 15 is 0 Å². The summed E-state index contributed by atoms with van der Waals surface area (Å²) in [5.74, 6) is -0.700. The number of hydrogen-bond acceptors (Lipinski definition) is 4. The third-order valence-electron chi connectivity index (χ3n) is 2.54. The molecule has 19 heavy (non-hydrogen) atoms. The van der Waals surface area contributed by atoms with Crippen LogP contribution in [-0.2, 0) is 9.59 Å². The molecule has 0 saturated carbocycles. The van der Waals surface area contributed by atoms with Crippen molar-refractivity contribution in [2.75, 3.05) is 17.6 Å². The molecule has 1 aromatic rings. The summed E-state index contributed by atoms with van der Waals surface area (Å²) in [5, 5.41) is 2.61. The van der Waals surface area contributed by atoms with Crippen LogP contribution in [0.5, 0.6) is 0 Å². The molecular formula is C12H11ClN2O3S. The summed E-state index contributed by atoms with van der Waals surface area (Å²) in [6.45, 7) is 1.59. The highest BCUT2D eigenvalue weighted by Crippen LogP contribution is 2.23. The van der Waals surface area contributed by atoms with Crippen molar-refractivity contribution in [3.63, 3.8) is 0 Å². The molecule has 1 saturated heterocycles. The first-order chi connectivity index (χ1) is 8.97. The monoisotopic (exact) mass is 298 g/mol. The van der Waals surface area contributed by atoms with Crippen molar-refractivity contribution in [3.05, 3.63) is 28.8 Å². The maximum absolute atomic E-state index is 11.8. The number of anilines is 1. The maximum atomic E-state index is 11.8. The molecule has 7 heteroatoms. The SMILES string of the molecule is Cc1ccc(Cl)c(NC(=O)CN2C(=O)CSC2=O)c1. The Labute approximate surface area is 119 Å². The lowest BCUT2D eigenvalue weighted by Gasteiger charge is -2.13. The first kappa shape index (κ1) is 13.9. The van der Waals surface area contributed by atoms with Crippen molar-refractivity contribution >= 4 is 46.1 Å². The summed E-state index contributed by atoms with van der Waals surface area (Å²) < 4.78 is 0. The molecule has 1 aromatic carbocycles. The lowest BCUT2D eigenvalue weighted by atomic mass is 10.2. The predicted molar refractivity (Wildman–Crippen MR) is 74.4 cm³/mol. The first-order valence-corrected chi connectivity index (χ1v) is 6.87. The molecule has 0 aliphatic carbocycles. The van der Waals surface area contributed by atoms with E-state index in [-0.39, 0.29) is 18.2 Å². The van der Waals surface area contributed by atoms with E-state index in [0.29, 0.717) is 10.7 Å². The van der Waals surface area contributed by atoms with Crippen LogP contribution >= 0.6 is 23.4 Å². The second kappa shape index (κ2) is 5.63. The minimum Gasteiger partial charge on any atom is -0.323 e.